The van der Waals surface area contributed by atoms with E-state index in [0.717, 1.165) is 11.1 Å². The molecule has 0 fully saturated rings. The highest BCUT2D eigenvalue weighted by Crippen LogP contribution is 2.21. The number of hydrogen-bond acceptors (Lipinski definition) is 3. The smallest absolute Gasteiger partial charge is 0.339 e. The third-order valence-electron chi connectivity index (χ3n) is 2.79. The van der Waals surface area contributed by atoms with Gasteiger partial charge in [0, 0.05) is 25.0 Å². The fourth-order valence-corrected chi connectivity index (χ4v) is 1.90. The maximum Gasteiger partial charge on any atom is 0.339 e. The van der Waals surface area contributed by atoms with E-state index in [2.05, 4.69) is 10.2 Å². The Bertz CT molecular complexity index is 741. The average molecular weight is 242 g/mol. The molecule has 3 aromatic heterocycles. The van der Waals surface area contributed by atoms with Crippen LogP contribution in [0.15, 0.2) is 36.9 Å². The molecule has 0 amide bonds. The maximum absolute atomic E-state index is 11.1. The molecule has 6 heteroatoms. The molecule has 0 unspecified atom stereocenters. The minimum absolute atomic E-state index is 0.195. The van der Waals surface area contributed by atoms with Crippen molar-refractivity contribution in [1.29, 1.82) is 0 Å². The second-order valence-corrected chi connectivity index (χ2v) is 4.01. The summed E-state index contributed by atoms with van der Waals surface area (Å²) in [6.07, 6.45) is 6.71. The minimum Gasteiger partial charge on any atom is -0.478 e. The van der Waals surface area contributed by atoms with Crippen molar-refractivity contribution < 1.29 is 9.90 Å². The topological polar surface area (TPSA) is 72.4 Å². The van der Waals surface area contributed by atoms with Crippen LogP contribution in [0.5, 0.6) is 0 Å². The van der Waals surface area contributed by atoms with Gasteiger partial charge in [-0.25, -0.2) is 9.31 Å². The van der Waals surface area contributed by atoms with Crippen LogP contribution >= 0.6 is 0 Å². The summed E-state index contributed by atoms with van der Waals surface area (Å²) in [5.41, 5.74) is 2.63. The third kappa shape index (κ3) is 1.55. The van der Waals surface area contributed by atoms with Gasteiger partial charge in [0.05, 0.1) is 17.9 Å². The number of aromatic carboxylic acids is 1. The van der Waals surface area contributed by atoms with Crippen molar-refractivity contribution >= 4 is 11.5 Å². The lowest BCUT2D eigenvalue weighted by Crippen LogP contribution is -1.95. The SMILES string of the molecule is Cn1cc(-c2ccn3ncc(C(=O)O)c3c2)cn1. The molecule has 3 aromatic rings. The van der Waals surface area contributed by atoms with Gasteiger partial charge in [0.2, 0.25) is 0 Å². The van der Waals surface area contributed by atoms with Crippen LogP contribution in [0, 0.1) is 0 Å². The van der Waals surface area contributed by atoms with Gasteiger partial charge in [-0.2, -0.15) is 10.2 Å². The molecule has 90 valence electrons. The lowest BCUT2D eigenvalue weighted by molar-refractivity contribution is 0.0699. The molecule has 6 nitrogen and oxygen atoms in total. The highest BCUT2D eigenvalue weighted by atomic mass is 16.4. The van der Waals surface area contributed by atoms with Crippen LogP contribution in [-0.2, 0) is 7.05 Å². The van der Waals surface area contributed by atoms with E-state index in [1.165, 1.54) is 6.20 Å². The van der Waals surface area contributed by atoms with Crippen molar-refractivity contribution in [2.75, 3.05) is 0 Å². The molecule has 1 N–H and O–H groups in total. The molecule has 0 aliphatic rings. The van der Waals surface area contributed by atoms with E-state index in [-0.39, 0.29) is 5.56 Å². The number of aryl methyl sites for hydroxylation is 1. The molecule has 0 aromatic carbocycles. The van der Waals surface area contributed by atoms with Gasteiger partial charge in [-0.3, -0.25) is 4.68 Å². The van der Waals surface area contributed by atoms with Crippen LogP contribution in [0.3, 0.4) is 0 Å². The predicted octanol–water partition coefficient (Wildman–Crippen LogP) is 1.43. The van der Waals surface area contributed by atoms with E-state index < -0.39 is 5.97 Å². The van der Waals surface area contributed by atoms with E-state index >= 15 is 0 Å². The Kier molecular flexibility index (Phi) is 2.16. The molecular formula is C12H10N4O2. The molecular weight excluding hydrogens is 232 g/mol. The first-order valence-corrected chi connectivity index (χ1v) is 5.35. The quantitative estimate of drug-likeness (QED) is 0.737. The zero-order valence-electron chi connectivity index (χ0n) is 9.61. The third-order valence-corrected chi connectivity index (χ3v) is 2.79. The summed E-state index contributed by atoms with van der Waals surface area (Å²) < 4.78 is 3.25. The summed E-state index contributed by atoms with van der Waals surface area (Å²) >= 11 is 0. The van der Waals surface area contributed by atoms with Crippen LogP contribution in [-0.4, -0.2) is 30.5 Å². The standard InChI is InChI=1S/C12H10N4O2/c1-15-7-9(5-13-15)8-2-3-16-11(4-8)10(6-14-16)12(17)18/h2-7H,1H3,(H,17,18). The molecule has 3 rings (SSSR count). The van der Waals surface area contributed by atoms with Crippen molar-refractivity contribution in [3.63, 3.8) is 0 Å². The molecule has 0 atom stereocenters. The number of carboxylic acid groups (broad SMARTS) is 1. The Morgan fingerprint density at radius 3 is 2.78 bits per heavy atom. The van der Waals surface area contributed by atoms with Gasteiger partial charge in [-0.1, -0.05) is 0 Å². The van der Waals surface area contributed by atoms with Crippen LogP contribution in [0.2, 0.25) is 0 Å². The molecule has 0 saturated carbocycles. The number of nitrogens with zero attached hydrogens (tertiary/aromatic N) is 4. The Morgan fingerprint density at radius 1 is 1.28 bits per heavy atom. The summed E-state index contributed by atoms with van der Waals surface area (Å²) in [6.45, 7) is 0. The number of hydrogen-bond donors (Lipinski definition) is 1. The van der Waals surface area contributed by atoms with E-state index in [9.17, 15) is 4.79 Å². The molecule has 3 heterocycles. The summed E-state index contributed by atoms with van der Waals surface area (Å²) in [6, 6.07) is 3.68. The van der Waals surface area contributed by atoms with Crippen molar-refractivity contribution in [2.24, 2.45) is 7.05 Å². The highest BCUT2D eigenvalue weighted by Gasteiger charge is 2.12. The molecule has 0 radical (unpaired) electrons. The molecule has 0 saturated heterocycles. The first kappa shape index (κ1) is 10.5. The Balaban J connectivity index is 2.20. The van der Waals surface area contributed by atoms with E-state index in [1.54, 1.807) is 27.7 Å². The number of aromatic nitrogens is 4. The van der Waals surface area contributed by atoms with Crippen molar-refractivity contribution in [1.82, 2.24) is 19.4 Å². The van der Waals surface area contributed by atoms with Gasteiger partial charge in [0.25, 0.3) is 0 Å². The number of fused-ring (bicyclic) bond motifs is 1. The summed E-state index contributed by atoms with van der Waals surface area (Å²) in [7, 11) is 1.84. The average Bonchev–Trinajstić information content (AvgIpc) is 2.93. The zero-order chi connectivity index (χ0) is 12.7. The second-order valence-electron chi connectivity index (χ2n) is 4.01. The van der Waals surface area contributed by atoms with Crippen molar-refractivity contribution in [3.05, 3.63) is 42.5 Å². The molecule has 0 spiro atoms. The van der Waals surface area contributed by atoms with Crippen LogP contribution in [0.1, 0.15) is 10.4 Å². The monoisotopic (exact) mass is 242 g/mol. The maximum atomic E-state index is 11.1. The van der Waals surface area contributed by atoms with Crippen LogP contribution in [0.4, 0.5) is 0 Å². The second kappa shape index (κ2) is 3.69. The van der Waals surface area contributed by atoms with Gasteiger partial charge >= 0.3 is 5.97 Å². The normalized spacial score (nSPS) is 10.9. The van der Waals surface area contributed by atoms with Crippen LogP contribution in [0.25, 0.3) is 16.6 Å². The van der Waals surface area contributed by atoms with Gasteiger partial charge in [0.15, 0.2) is 0 Å². The fraction of sp³-hybridized carbons (Fsp3) is 0.0833. The van der Waals surface area contributed by atoms with Gasteiger partial charge in [-0.05, 0) is 17.7 Å². The van der Waals surface area contributed by atoms with Gasteiger partial charge < -0.3 is 5.11 Å². The fourth-order valence-electron chi connectivity index (χ4n) is 1.90. The molecule has 0 bridgehead atoms. The highest BCUT2D eigenvalue weighted by molar-refractivity contribution is 5.96. The first-order chi connectivity index (χ1) is 8.65. The summed E-state index contributed by atoms with van der Waals surface area (Å²) in [5, 5.41) is 17.2. The Labute approximate surface area is 102 Å². The predicted molar refractivity (Wildman–Crippen MR) is 64.4 cm³/mol. The molecule has 0 aliphatic heterocycles. The first-order valence-electron chi connectivity index (χ1n) is 5.35. The summed E-state index contributed by atoms with van der Waals surface area (Å²) in [5.74, 6) is -0.978. The van der Waals surface area contributed by atoms with E-state index in [0.29, 0.717) is 5.52 Å². The minimum atomic E-state index is -0.978. The van der Waals surface area contributed by atoms with Gasteiger partial charge in [-0.15, -0.1) is 0 Å². The number of carboxylic acids is 1. The Morgan fingerprint density at radius 2 is 2.11 bits per heavy atom. The van der Waals surface area contributed by atoms with Gasteiger partial charge in [0.1, 0.15) is 5.56 Å². The van der Waals surface area contributed by atoms with E-state index in [1.807, 2.05) is 19.3 Å². The number of rotatable bonds is 2. The molecule has 0 aliphatic carbocycles. The lowest BCUT2D eigenvalue weighted by atomic mass is 10.1. The lowest BCUT2D eigenvalue weighted by Gasteiger charge is -1.99. The van der Waals surface area contributed by atoms with Crippen molar-refractivity contribution in [2.45, 2.75) is 0 Å². The van der Waals surface area contributed by atoms with E-state index in [4.69, 9.17) is 5.11 Å². The Hall–Kier alpha value is -2.63. The summed E-state index contributed by atoms with van der Waals surface area (Å²) in [4.78, 5) is 11.1. The zero-order valence-corrected chi connectivity index (χ0v) is 9.61. The molecule has 18 heavy (non-hydrogen) atoms. The van der Waals surface area contributed by atoms with Crippen molar-refractivity contribution in [3.8, 4) is 11.1 Å². The number of carbonyl (C=O) groups is 1. The number of pyridine rings is 1. The largest absolute Gasteiger partial charge is 0.478 e. The van der Waals surface area contributed by atoms with Crippen LogP contribution < -0.4 is 0 Å².